The van der Waals surface area contributed by atoms with Gasteiger partial charge in [-0.25, -0.2) is 0 Å². The standard InChI is InChI=1S/C25H28N4OS/c1-5-18-11-13-20(14-12-18)23-27-24(30-28-23)21-17(4)29(15-16(2)3)25(31)26-22(21)19-9-7-6-8-10-19/h6-14,16,22H,5,15H2,1-4H3,(H,26,31). The fourth-order valence-electron chi connectivity index (χ4n) is 3.88. The summed E-state index contributed by atoms with van der Waals surface area (Å²) in [6, 6.07) is 18.4. The summed E-state index contributed by atoms with van der Waals surface area (Å²) in [6.07, 6.45) is 1.000. The number of nitrogens with one attached hydrogen (secondary N) is 1. The molecule has 0 radical (unpaired) electrons. The molecule has 0 fully saturated rings. The molecule has 1 N–H and O–H groups in total. The smallest absolute Gasteiger partial charge is 0.258 e. The van der Waals surface area contributed by atoms with Crippen molar-refractivity contribution in [2.24, 2.45) is 5.92 Å². The van der Waals surface area contributed by atoms with Crippen LogP contribution in [0.1, 0.15) is 50.8 Å². The van der Waals surface area contributed by atoms with Gasteiger partial charge in [-0.1, -0.05) is 80.5 Å². The fourth-order valence-corrected chi connectivity index (χ4v) is 4.21. The maximum Gasteiger partial charge on any atom is 0.258 e. The lowest BCUT2D eigenvalue weighted by Gasteiger charge is -2.38. The summed E-state index contributed by atoms with van der Waals surface area (Å²) in [6.45, 7) is 9.42. The van der Waals surface area contributed by atoms with E-state index in [2.05, 4.69) is 67.3 Å². The molecule has 6 heteroatoms. The normalized spacial score (nSPS) is 16.7. The third-order valence-electron chi connectivity index (χ3n) is 5.55. The number of thiocarbonyl (C=S) groups is 1. The van der Waals surface area contributed by atoms with Gasteiger partial charge in [0.1, 0.15) is 0 Å². The summed E-state index contributed by atoms with van der Waals surface area (Å²) in [5, 5.41) is 8.51. The second kappa shape index (κ2) is 9.02. The van der Waals surface area contributed by atoms with E-state index in [1.165, 1.54) is 5.56 Å². The number of hydrogen-bond acceptors (Lipinski definition) is 4. The molecule has 0 bridgehead atoms. The zero-order valence-electron chi connectivity index (χ0n) is 18.4. The molecule has 1 atom stereocenters. The van der Waals surface area contributed by atoms with Gasteiger partial charge in [-0.15, -0.1) is 0 Å². The number of aromatic nitrogens is 2. The van der Waals surface area contributed by atoms with Gasteiger partial charge < -0.3 is 14.7 Å². The molecular weight excluding hydrogens is 404 g/mol. The topological polar surface area (TPSA) is 54.2 Å². The zero-order chi connectivity index (χ0) is 22.0. The van der Waals surface area contributed by atoms with Gasteiger partial charge in [0.2, 0.25) is 5.82 Å². The van der Waals surface area contributed by atoms with Crippen molar-refractivity contribution >= 4 is 22.9 Å². The maximum absolute atomic E-state index is 5.80. The molecule has 1 aromatic heterocycles. The van der Waals surface area contributed by atoms with Crippen molar-refractivity contribution in [2.45, 2.75) is 40.2 Å². The van der Waals surface area contributed by atoms with Gasteiger partial charge in [-0.3, -0.25) is 0 Å². The largest absolute Gasteiger partial charge is 0.351 e. The van der Waals surface area contributed by atoms with Crippen molar-refractivity contribution in [3.8, 4) is 11.4 Å². The monoisotopic (exact) mass is 432 g/mol. The second-order valence-corrected chi connectivity index (χ2v) is 8.66. The van der Waals surface area contributed by atoms with Gasteiger partial charge in [0, 0.05) is 17.8 Å². The van der Waals surface area contributed by atoms with Gasteiger partial charge in [-0.05, 0) is 42.6 Å². The fraction of sp³-hybridized carbons (Fsp3) is 0.320. The van der Waals surface area contributed by atoms with Crippen molar-refractivity contribution in [1.29, 1.82) is 0 Å². The van der Waals surface area contributed by atoms with E-state index >= 15 is 0 Å². The van der Waals surface area contributed by atoms with Gasteiger partial charge in [0.15, 0.2) is 5.11 Å². The van der Waals surface area contributed by atoms with E-state index in [4.69, 9.17) is 21.7 Å². The predicted octanol–water partition coefficient (Wildman–Crippen LogP) is 5.62. The van der Waals surface area contributed by atoms with Crippen LogP contribution >= 0.6 is 12.2 Å². The Labute approximate surface area is 189 Å². The first-order valence-electron chi connectivity index (χ1n) is 10.7. The molecule has 1 aliphatic rings. The molecule has 31 heavy (non-hydrogen) atoms. The molecule has 0 saturated heterocycles. The van der Waals surface area contributed by atoms with Crippen LogP contribution in [0.2, 0.25) is 0 Å². The highest BCUT2D eigenvalue weighted by Gasteiger charge is 2.34. The molecule has 2 aromatic carbocycles. The van der Waals surface area contributed by atoms with Crippen molar-refractivity contribution in [2.75, 3.05) is 6.54 Å². The lowest BCUT2D eigenvalue weighted by atomic mass is 9.94. The van der Waals surface area contributed by atoms with Crippen LogP contribution < -0.4 is 5.32 Å². The third-order valence-corrected chi connectivity index (χ3v) is 5.89. The predicted molar refractivity (Wildman–Crippen MR) is 128 cm³/mol. The van der Waals surface area contributed by atoms with E-state index in [0.29, 0.717) is 17.6 Å². The van der Waals surface area contributed by atoms with Gasteiger partial charge in [0.05, 0.1) is 11.6 Å². The third kappa shape index (κ3) is 4.39. The minimum absolute atomic E-state index is 0.145. The Morgan fingerprint density at radius 1 is 1.10 bits per heavy atom. The number of nitrogens with zero attached hydrogens (tertiary/aromatic N) is 3. The molecule has 2 heterocycles. The Hall–Kier alpha value is -2.99. The van der Waals surface area contributed by atoms with Crippen LogP contribution in [-0.2, 0) is 6.42 Å². The summed E-state index contributed by atoms with van der Waals surface area (Å²) >= 11 is 5.72. The minimum Gasteiger partial charge on any atom is -0.351 e. The molecule has 160 valence electrons. The highest BCUT2D eigenvalue weighted by molar-refractivity contribution is 7.80. The summed E-state index contributed by atoms with van der Waals surface area (Å²) in [5.41, 5.74) is 5.34. The van der Waals surface area contributed by atoms with E-state index in [9.17, 15) is 0 Å². The quantitative estimate of drug-likeness (QED) is 0.511. The molecule has 3 aromatic rings. The van der Waals surface area contributed by atoms with Crippen LogP contribution in [0.4, 0.5) is 0 Å². The lowest BCUT2D eigenvalue weighted by Crippen LogP contribution is -2.47. The van der Waals surface area contributed by atoms with Crippen LogP contribution in [0.3, 0.4) is 0 Å². The van der Waals surface area contributed by atoms with E-state index in [0.717, 1.165) is 40.5 Å². The maximum atomic E-state index is 5.80. The van der Waals surface area contributed by atoms with E-state index < -0.39 is 0 Å². The highest BCUT2D eigenvalue weighted by atomic mass is 32.1. The first-order chi connectivity index (χ1) is 15.0. The number of hydrogen-bond donors (Lipinski definition) is 1. The van der Waals surface area contributed by atoms with Gasteiger partial charge in [-0.2, -0.15) is 4.98 Å². The Morgan fingerprint density at radius 2 is 1.81 bits per heavy atom. The molecule has 0 amide bonds. The number of allylic oxidation sites excluding steroid dienone is 1. The summed E-state index contributed by atoms with van der Waals surface area (Å²) < 4.78 is 5.80. The number of benzene rings is 2. The molecule has 1 aliphatic heterocycles. The minimum atomic E-state index is -0.145. The molecular formula is C25H28N4OS. The Bertz CT molecular complexity index is 1090. The summed E-state index contributed by atoms with van der Waals surface area (Å²) in [4.78, 5) is 6.91. The summed E-state index contributed by atoms with van der Waals surface area (Å²) in [5.74, 6) is 1.57. The Balaban J connectivity index is 1.78. The first-order valence-corrected chi connectivity index (χ1v) is 11.2. The van der Waals surface area contributed by atoms with Crippen LogP contribution in [0.25, 0.3) is 17.0 Å². The van der Waals surface area contributed by atoms with E-state index in [1.807, 2.05) is 30.3 Å². The van der Waals surface area contributed by atoms with Gasteiger partial charge in [0.25, 0.3) is 5.89 Å². The second-order valence-electron chi connectivity index (χ2n) is 8.27. The zero-order valence-corrected chi connectivity index (χ0v) is 19.2. The molecule has 0 aliphatic carbocycles. The molecule has 0 saturated carbocycles. The average Bonchev–Trinajstić information content (AvgIpc) is 3.26. The molecule has 4 rings (SSSR count). The van der Waals surface area contributed by atoms with E-state index in [-0.39, 0.29) is 6.04 Å². The van der Waals surface area contributed by atoms with Crippen LogP contribution in [-0.4, -0.2) is 26.7 Å². The van der Waals surface area contributed by atoms with Crippen molar-refractivity contribution in [3.05, 3.63) is 77.3 Å². The molecule has 5 nitrogen and oxygen atoms in total. The average molecular weight is 433 g/mol. The van der Waals surface area contributed by atoms with Crippen LogP contribution in [0.5, 0.6) is 0 Å². The molecule has 0 spiro atoms. The van der Waals surface area contributed by atoms with Gasteiger partial charge >= 0.3 is 0 Å². The van der Waals surface area contributed by atoms with Crippen molar-refractivity contribution in [1.82, 2.24) is 20.4 Å². The number of aryl methyl sites for hydroxylation is 1. The SMILES string of the molecule is CCc1ccc(-c2noc(C3=C(C)N(CC(C)C)C(=S)NC3c3ccccc3)n2)cc1. The number of rotatable bonds is 6. The van der Waals surface area contributed by atoms with Crippen LogP contribution in [0.15, 0.2) is 64.8 Å². The highest BCUT2D eigenvalue weighted by Crippen LogP contribution is 2.37. The van der Waals surface area contributed by atoms with Crippen LogP contribution in [0, 0.1) is 5.92 Å². The Morgan fingerprint density at radius 3 is 2.45 bits per heavy atom. The lowest BCUT2D eigenvalue weighted by molar-refractivity contribution is 0.386. The first kappa shape index (κ1) is 21.2. The van der Waals surface area contributed by atoms with E-state index in [1.54, 1.807) is 0 Å². The van der Waals surface area contributed by atoms with Crippen molar-refractivity contribution < 1.29 is 4.52 Å². The molecule has 1 unspecified atom stereocenters. The Kier molecular flexibility index (Phi) is 6.18. The summed E-state index contributed by atoms with van der Waals surface area (Å²) in [7, 11) is 0. The van der Waals surface area contributed by atoms with Crippen molar-refractivity contribution in [3.63, 3.8) is 0 Å².